The number of amides is 4. The molecule has 3 heterocycles. The summed E-state index contributed by atoms with van der Waals surface area (Å²) in [6.45, 7) is 26.3. The predicted octanol–water partition coefficient (Wildman–Crippen LogP) is 9.41. The van der Waals surface area contributed by atoms with Crippen molar-refractivity contribution in [3.05, 3.63) is 99.5 Å². The van der Waals surface area contributed by atoms with Gasteiger partial charge in [0.05, 0.1) is 45.7 Å². The zero-order chi connectivity index (χ0) is 50.0. The summed E-state index contributed by atoms with van der Waals surface area (Å²) in [5.74, 6) is -0.437. The number of likely N-dealkylation sites (tertiary alicyclic amines) is 2. The third kappa shape index (κ3) is 11.3. The Bertz CT molecular complexity index is 2470. The average Bonchev–Trinajstić information content (AvgIpc) is 4.00. The van der Waals surface area contributed by atoms with E-state index in [1.807, 2.05) is 64.4 Å². The lowest BCUT2D eigenvalue weighted by molar-refractivity contribution is -0.208. The van der Waals surface area contributed by atoms with Crippen molar-refractivity contribution in [1.29, 1.82) is 0 Å². The number of aryl methyl sites for hydroxylation is 1. The van der Waals surface area contributed by atoms with E-state index in [4.69, 9.17) is 27.6 Å². The maximum absolute atomic E-state index is 14.1. The lowest BCUT2D eigenvalue weighted by atomic mass is 9.49. The Labute approximate surface area is 416 Å². The van der Waals surface area contributed by atoms with E-state index in [2.05, 4.69) is 71.3 Å². The molecule has 0 bridgehead atoms. The van der Waals surface area contributed by atoms with Gasteiger partial charge in [-0.05, 0) is 61.8 Å². The Morgan fingerprint density at radius 3 is 2.39 bits per heavy atom. The minimum Gasteiger partial charge on any atom is -0.489 e. The number of fused-ring (bicyclic) bond motifs is 1. The van der Waals surface area contributed by atoms with Gasteiger partial charge in [0, 0.05) is 48.9 Å². The molecule has 2 aliphatic heterocycles. The topological polar surface area (TPSA) is 155 Å². The molecule has 6 atom stereocenters. The number of nitrogens with zero attached hydrogens (tertiary/aromatic N) is 4. The Morgan fingerprint density at radius 1 is 1.03 bits per heavy atom. The molecule has 2 unspecified atom stereocenters. The number of rotatable bonds is 18. The van der Waals surface area contributed by atoms with E-state index in [1.165, 1.54) is 10.5 Å². The van der Waals surface area contributed by atoms with Crippen LogP contribution in [-0.4, -0.2) is 100 Å². The number of hydrogen-bond donors (Lipinski definition) is 3. The fourth-order valence-electron chi connectivity index (χ4n) is 11.4. The monoisotopic (exact) mass is 980 g/mol. The highest BCUT2D eigenvalue weighted by Gasteiger charge is 2.67. The highest BCUT2D eigenvalue weighted by molar-refractivity contribution is 7.13. The number of aliphatic hydroxyl groups is 1. The number of benzene rings is 2. The van der Waals surface area contributed by atoms with Crippen LogP contribution in [0.2, 0.25) is 5.02 Å². The van der Waals surface area contributed by atoms with Gasteiger partial charge in [0.1, 0.15) is 30.5 Å². The largest absolute Gasteiger partial charge is 0.489 e. The van der Waals surface area contributed by atoms with Crippen LogP contribution in [-0.2, 0) is 23.9 Å². The minimum atomic E-state index is -0.940. The van der Waals surface area contributed by atoms with Crippen LogP contribution in [0.15, 0.2) is 71.8 Å². The number of carbonyl (C=O) groups excluding carboxylic acids is 4. The van der Waals surface area contributed by atoms with Crippen molar-refractivity contribution in [3.8, 4) is 16.2 Å². The number of halogens is 1. The number of ether oxygens (including phenoxy) is 2. The summed E-state index contributed by atoms with van der Waals surface area (Å²) in [6, 6.07) is 11.0. The molecule has 3 fully saturated rings. The number of aromatic nitrogens is 1. The maximum atomic E-state index is 14.1. The number of allylic oxidation sites excluding steroid dienone is 2. The number of hydrogen-bond acceptors (Lipinski definition) is 9. The van der Waals surface area contributed by atoms with Crippen molar-refractivity contribution in [2.75, 3.05) is 26.3 Å². The van der Waals surface area contributed by atoms with Gasteiger partial charge in [0.25, 0.3) is 0 Å². The van der Waals surface area contributed by atoms with Crippen LogP contribution >= 0.6 is 22.9 Å². The maximum Gasteiger partial charge on any atom is 0.246 e. The van der Waals surface area contributed by atoms with Crippen LogP contribution < -0.4 is 15.4 Å². The van der Waals surface area contributed by atoms with Crippen molar-refractivity contribution in [3.63, 3.8) is 0 Å². The average molecular weight is 982 g/mol. The van der Waals surface area contributed by atoms with Crippen LogP contribution in [0.25, 0.3) is 15.3 Å². The minimum absolute atomic E-state index is 0.00479. The first-order valence-electron chi connectivity index (χ1n) is 24.3. The highest BCUT2D eigenvalue weighted by atomic mass is 35.5. The van der Waals surface area contributed by atoms with Gasteiger partial charge >= 0.3 is 0 Å². The molecule has 2 saturated heterocycles. The van der Waals surface area contributed by atoms with Crippen LogP contribution in [0.3, 0.4) is 0 Å². The van der Waals surface area contributed by atoms with Crippen LogP contribution in [0.5, 0.6) is 5.75 Å². The number of nitrogens with one attached hydrogen (secondary N) is 2. The zero-order valence-electron chi connectivity index (χ0n) is 41.5. The van der Waals surface area contributed by atoms with E-state index in [-0.39, 0.29) is 72.2 Å². The molecule has 69 heavy (non-hydrogen) atoms. The van der Waals surface area contributed by atoms with Gasteiger partial charge in [0.2, 0.25) is 29.3 Å². The summed E-state index contributed by atoms with van der Waals surface area (Å²) < 4.78 is 12.3. The van der Waals surface area contributed by atoms with Gasteiger partial charge in [-0.25, -0.2) is 9.83 Å². The van der Waals surface area contributed by atoms with E-state index in [0.29, 0.717) is 29.6 Å². The lowest BCUT2D eigenvalue weighted by Crippen LogP contribution is -2.75. The molecule has 1 saturated carbocycles. The molecule has 2 aliphatic carbocycles. The summed E-state index contributed by atoms with van der Waals surface area (Å²) in [6.07, 6.45) is 10.2. The molecule has 4 aliphatic rings. The van der Waals surface area contributed by atoms with Crippen molar-refractivity contribution in [2.24, 2.45) is 28.1 Å². The molecule has 4 amide bonds. The van der Waals surface area contributed by atoms with Gasteiger partial charge in [-0.2, -0.15) is 0 Å². The molecule has 0 radical (unpaired) electrons. The SMILES string of the molecule is [C-]#[N+]c1ccc(OC2C(C)(C)C(N3CC4C=C(CCCCCCOCC(=O)N[C@H](C(=O)N5C[C@H](O)C[C@H]5C(=O)N[C@@H](C)c5ccc(-c6scnc6C)cc5)C(C)(C)C)C=CC4C3=O)C2(C)C)cc1Cl. The zero-order valence-corrected chi connectivity index (χ0v) is 43.1. The second kappa shape index (κ2) is 21.1. The summed E-state index contributed by atoms with van der Waals surface area (Å²) in [7, 11) is 0. The second-order valence-corrected chi connectivity index (χ2v) is 22.9. The van der Waals surface area contributed by atoms with E-state index >= 15 is 0 Å². The van der Waals surface area contributed by atoms with Gasteiger partial charge in [-0.1, -0.05) is 127 Å². The molecule has 3 aromatic rings. The molecule has 0 spiro atoms. The molecular formula is C54H69ClN6O7S. The molecule has 2 aromatic carbocycles. The van der Waals surface area contributed by atoms with E-state index in [1.54, 1.807) is 29.5 Å². The standard InChI is InChI=1S/C54H69ClN6O7S/c1-32(35-17-19-36(20-18-35)45-33(2)57-31-69-45)58-47(64)43-26-38(62)29-60(43)49(66)46(52(3,4)5)59-44(63)30-67-24-14-12-11-13-15-34-16-22-40-37(25-34)28-61(48(40)65)50-53(6,7)51(54(50,8)9)68-39-21-23-42(56-10)41(55)27-39/h16-23,25,27,31-32,37-38,40,43,46,50-51,62H,11-15,24,26,28-30H2,1-9H3,(H,58,64)(H,59,63)/t32-,37?,38+,40?,43-,46+,50?,51?/m0/s1. The summed E-state index contributed by atoms with van der Waals surface area (Å²) >= 11 is 7.89. The number of carbonyl (C=O) groups is 4. The number of unbranched alkanes of at least 4 members (excludes halogenated alkanes) is 3. The van der Waals surface area contributed by atoms with Crippen molar-refractivity contribution >= 4 is 52.3 Å². The molecule has 1 aromatic heterocycles. The lowest BCUT2D eigenvalue weighted by Gasteiger charge is -2.65. The van der Waals surface area contributed by atoms with Gasteiger partial charge in [-0.15, -0.1) is 11.3 Å². The highest BCUT2D eigenvalue weighted by Crippen LogP contribution is 2.59. The van der Waals surface area contributed by atoms with E-state index in [9.17, 15) is 24.3 Å². The molecule has 3 N–H and O–H groups in total. The fraction of sp³-hybridized carbons (Fsp3) is 0.556. The Kier molecular flexibility index (Phi) is 15.8. The molecular weight excluding hydrogens is 912 g/mol. The third-order valence-corrected chi connectivity index (χ3v) is 15.8. The van der Waals surface area contributed by atoms with Crippen LogP contribution in [0, 0.1) is 41.6 Å². The first kappa shape index (κ1) is 51.8. The molecule has 13 nitrogen and oxygen atoms in total. The van der Waals surface area contributed by atoms with Gasteiger partial charge < -0.3 is 35.0 Å². The first-order valence-corrected chi connectivity index (χ1v) is 25.6. The normalized spacial score (nSPS) is 24.4. The Balaban J connectivity index is 0.819. The number of thiazole rings is 1. The predicted molar refractivity (Wildman–Crippen MR) is 270 cm³/mol. The molecule has 7 rings (SSSR count). The van der Waals surface area contributed by atoms with Gasteiger partial charge in [0.15, 0.2) is 0 Å². The Morgan fingerprint density at radius 2 is 1.74 bits per heavy atom. The smallest absolute Gasteiger partial charge is 0.246 e. The quantitative estimate of drug-likeness (QED) is 0.0842. The second-order valence-electron chi connectivity index (χ2n) is 21.6. The number of β-amino-alcohol motifs (C(OH)–C–C–N with tert-alkyl or cyclic N) is 1. The van der Waals surface area contributed by atoms with Gasteiger partial charge in [-0.3, -0.25) is 19.2 Å². The van der Waals surface area contributed by atoms with Crippen LogP contribution in [0.4, 0.5) is 5.69 Å². The third-order valence-electron chi connectivity index (χ3n) is 14.5. The number of aliphatic hydroxyl groups excluding tert-OH is 1. The molecule has 370 valence electrons. The molecule has 15 heteroatoms. The fourth-order valence-corrected chi connectivity index (χ4v) is 12.4. The first-order chi connectivity index (χ1) is 32.6. The van der Waals surface area contributed by atoms with Crippen LogP contribution in [0.1, 0.15) is 111 Å². The summed E-state index contributed by atoms with van der Waals surface area (Å²) in [5, 5.41) is 16.9. The van der Waals surface area contributed by atoms with Crippen molar-refractivity contribution in [2.45, 2.75) is 137 Å². The van der Waals surface area contributed by atoms with Crippen molar-refractivity contribution < 1.29 is 33.8 Å². The van der Waals surface area contributed by atoms with Crippen molar-refractivity contribution in [1.82, 2.24) is 25.4 Å². The van der Waals surface area contributed by atoms with E-state index in [0.717, 1.165) is 53.8 Å². The summed E-state index contributed by atoms with van der Waals surface area (Å²) in [5.41, 5.74) is 5.09. The van der Waals surface area contributed by atoms with E-state index < -0.39 is 35.4 Å². The summed E-state index contributed by atoms with van der Waals surface area (Å²) in [4.78, 5) is 67.2. The Hall–Kier alpha value is -5.07.